The number of aryl methyl sites for hydroxylation is 2. The quantitative estimate of drug-likeness (QED) is 0.379. The Balaban J connectivity index is 1.87. The van der Waals surface area contributed by atoms with Crippen molar-refractivity contribution in [3.8, 4) is 5.75 Å². The fraction of sp³-hybridized carbons (Fsp3) is 0.517. The second-order valence-corrected chi connectivity index (χ2v) is 10.8. The average molecular weight is 498 g/mol. The van der Waals surface area contributed by atoms with E-state index in [1.54, 1.807) is 5.06 Å². The van der Waals surface area contributed by atoms with E-state index in [0.717, 1.165) is 16.7 Å². The molecular weight excluding hydrogens is 458 g/mol. The Bertz CT molecular complexity index is 1020. The smallest absolute Gasteiger partial charge is 0.331 e. The van der Waals surface area contributed by atoms with Crippen LogP contribution < -0.4 is 4.74 Å². The largest absolute Gasteiger partial charge is 0.465 e. The Morgan fingerprint density at radius 1 is 1.03 bits per heavy atom. The lowest BCUT2D eigenvalue weighted by Gasteiger charge is -2.32. The van der Waals surface area contributed by atoms with Crippen molar-refractivity contribution in [2.45, 2.75) is 66.7 Å². The zero-order valence-corrected chi connectivity index (χ0v) is 22.2. The summed E-state index contributed by atoms with van der Waals surface area (Å²) in [6.45, 7) is 11.7. The van der Waals surface area contributed by atoms with Crippen molar-refractivity contribution < 1.29 is 29.0 Å². The number of carbonyl (C=O) groups excluding carboxylic acids is 2. The maximum absolute atomic E-state index is 13.5. The van der Waals surface area contributed by atoms with Gasteiger partial charge in [0.15, 0.2) is 0 Å². The number of benzene rings is 2. The highest BCUT2D eigenvalue weighted by molar-refractivity contribution is 5.82. The fourth-order valence-corrected chi connectivity index (χ4v) is 4.51. The van der Waals surface area contributed by atoms with Crippen LogP contribution in [0.25, 0.3) is 0 Å². The van der Waals surface area contributed by atoms with Crippen LogP contribution in [-0.4, -0.2) is 47.4 Å². The van der Waals surface area contributed by atoms with Crippen LogP contribution in [0.15, 0.2) is 48.5 Å². The molecule has 196 valence electrons. The molecule has 2 aromatic carbocycles. The molecule has 1 saturated heterocycles. The van der Waals surface area contributed by atoms with Gasteiger partial charge in [0.25, 0.3) is 0 Å². The predicted molar refractivity (Wildman–Crippen MR) is 137 cm³/mol. The second kappa shape index (κ2) is 12.0. The van der Waals surface area contributed by atoms with Gasteiger partial charge in [0.05, 0.1) is 31.8 Å². The molecule has 1 N–H and O–H groups in total. The number of para-hydroxylation sites is 1. The van der Waals surface area contributed by atoms with Crippen LogP contribution in [0.3, 0.4) is 0 Å². The Morgan fingerprint density at radius 3 is 2.25 bits per heavy atom. The molecule has 0 aliphatic carbocycles. The zero-order chi connectivity index (χ0) is 26.5. The third kappa shape index (κ3) is 6.72. The molecule has 3 atom stereocenters. The first-order valence-electron chi connectivity index (χ1n) is 12.5. The van der Waals surface area contributed by atoms with Crippen molar-refractivity contribution in [3.63, 3.8) is 0 Å². The number of ether oxygens (including phenoxy) is 2. The monoisotopic (exact) mass is 497 g/mol. The van der Waals surface area contributed by atoms with Crippen molar-refractivity contribution in [1.29, 1.82) is 0 Å². The summed E-state index contributed by atoms with van der Waals surface area (Å²) in [5, 5.41) is 11.2. The van der Waals surface area contributed by atoms with E-state index in [9.17, 15) is 14.7 Å². The van der Waals surface area contributed by atoms with E-state index in [-0.39, 0.29) is 38.2 Å². The van der Waals surface area contributed by atoms with Gasteiger partial charge in [-0.1, -0.05) is 76.2 Å². The lowest BCUT2D eigenvalue weighted by Crippen LogP contribution is -2.46. The van der Waals surface area contributed by atoms with Crippen molar-refractivity contribution >= 4 is 11.9 Å². The molecule has 0 radical (unpaired) electrons. The number of hydrogen-bond donors (Lipinski definition) is 1. The normalized spacial score (nSPS) is 20.5. The second-order valence-electron chi connectivity index (χ2n) is 10.8. The first kappa shape index (κ1) is 27.8. The summed E-state index contributed by atoms with van der Waals surface area (Å²) in [7, 11) is 0. The van der Waals surface area contributed by atoms with Crippen molar-refractivity contribution in [3.05, 3.63) is 65.2 Å². The van der Waals surface area contributed by atoms with E-state index < -0.39 is 29.3 Å². The summed E-state index contributed by atoms with van der Waals surface area (Å²) in [6, 6.07) is 14.2. The number of carbonyl (C=O) groups is 2. The van der Waals surface area contributed by atoms with Gasteiger partial charge in [0.1, 0.15) is 11.8 Å². The van der Waals surface area contributed by atoms with Crippen LogP contribution in [-0.2, 0) is 25.8 Å². The van der Waals surface area contributed by atoms with E-state index in [0.29, 0.717) is 5.75 Å². The van der Waals surface area contributed by atoms with Gasteiger partial charge < -0.3 is 14.6 Å². The number of aliphatic hydroxyl groups excluding tert-OH is 1. The summed E-state index contributed by atoms with van der Waals surface area (Å²) in [5.74, 6) is -0.904. The molecule has 0 spiro atoms. The van der Waals surface area contributed by atoms with Crippen molar-refractivity contribution in [2.75, 3.05) is 13.2 Å². The van der Waals surface area contributed by atoms with Gasteiger partial charge in [-0.3, -0.25) is 9.63 Å². The molecule has 1 aliphatic rings. The topological polar surface area (TPSA) is 85.3 Å². The van der Waals surface area contributed by atoms with Crippen LogP contribution in [0.4, 0.5) is 0 Å². The fourth-order valence-electron chi connectivity index (χ4n) is 4.51. The molecule has 1 fully saturated rings. The molecule has 0 amide bonds. The SMILES string of the molecule is Cc1cccc(C)c1OC(=O)[C@H]1C[C@@H](C(=O)OCC(C)(C)CO)[C@@H](C(C)C)N1OCc1ccccc1. The Labute approximate surface area is 214 Å². The molecule has 1 heterocycles. The molecule has 0 bridgehead atoms. The molecule has 3 rings (SSSR count). The first-order chi connectivity index (χ1) is 17.0. The maximum Gasteiger partial charge on any atom is 0.331 e. The minimum Gasteiger partial charge on any atom is -0.465 e. The van der Waals surface area contributed by atoms with Gasteiger partial charge in [0, 0.05) is 5.41 Å². The van der Waals surface area contributed by atoms with E-state index in [1.165, 1.54) is 0 Å². The van der Waals surface area contributed by atoms with Crippen molar-refractivity contribution in [2.24, 2.45) is 17.3 Å². The van der Waals surface area contributed by atoms with Gasteiger partial charge in [-0.15, -0.1) is 0 Å². The van der Waals surface area contributed by atoms with E-state index in [4.69, 9.17) is 14.3 Å². The first-order valence-corrected chi connectivity index (χ1v) is 12.5. The van der Waals surface area contributed by atoms with Crippen molar-refractivity contribution in [1.82, 2.24) is 5.06 Å². The lowest BCUT2D eigenvalue weighted by molar-refractivity contribution is -0.218. The van der Waals surface area contributed by atoms with Crippen LogP contribution in [0, 0.1) is 31.1 Å². The summed E-state index contributed by atoms with van der Waals surface area (Å²) >= 11 is 0. The van der Waals surface area contributed by atoms with Gasteiger partial charge in [-0.25, -0.2) is 4.79 Å². The summed E-state index contributed by atoms with van der Waals surface area (Å²) in [5.41, 5.74) is 2.13. The number of aliphatic hydroxyl groups is 1. The highest BCUT2D eigenvalue weighted by Crippen LogP contribution is 2.37. The standard InChI is InChI=1S/C29H39NO6/c1-19(2)25-23(27(32)34-18-29(5,6)17-31)15-24(30(25)35-16-22-13-8-7-9-14-22)28(33)36-26-20(3)11-10-12-21(26)4/h7-14,19,23-25,31H,15-18H2,1-6H3/t23-,24-,25-/m1/s1. The van der Waals surface area contributed by atoms with Crippen LogP contribution in [0.1, 0.15) is 50.8 Å². The number of hydrogen-bond acceptors (Lipinski definition) is 7. The third-order valence-corrected chi connectivity index (χ3v) is 6.62. The van der Waals surface area contributed by atoms with Gasteiger partial charge in [-0.2, -0.15) is 5.06 Å². The minimum atomic E-state index is -0.775. The number of hydroxylamine groups is 2. The molecule has 1 aliphatic heterocycles. The number of esters is 2. The highest BCUT2D eigenvalue weighted by atomic mass is 16.7. The molecule has 0 unspecified atom stereocenters. The molecule has 0 aromatic heterocycles. The van der Waals surface area contributed by atoms with E-state index >= 15 is 0 Å². The number of rotatable bonds is 10. The highest BCUT2D eigenvalue weighted by Gasteiger charge is 2.51. The minimum absolute atomic E-state index is 0.00201. The van der Waals surface area contributed by atoms with E-state index in [2.05, 4.69) is 0 Å². The lowest BCUT2D eigenvalue weighted by atomic mass is 9.91. The third-order valence-electron chi connectivity index (χ3n) is 6.62. The molecular formula is C29H39NO6. The Hall–Kier alpha value is -2.74. The molecule has 7 nitrogen and oxygen atoms in total. The molecule has 7 heteroatoms. The van der Waals surface area contributed by atoms with Gasteiger partial charge >= 0.3 is 11.9 Å². The zero-order valence-electron chi connectivity index (χ0n) is 22.2. The number of nitrogens with zero attached hydrogens (tertiary/aromatic N) is 1. The molecule has 2 aromatic rings. The predicted octanol–water partition coefficient (Wildman–Crippen LogP) is 4.62. The van der Waals surface area contributed by atoms with Gasteiger partial charge in [-0.05, 0) is 42.9 Å². The Morgan fingerprint density at radius 2 is 1.67 bits per heavy atom. The summed E-state index contributed by atoms with van der Waals surface area (Å²) in [6.07, 6.45) is 0.222. The van der Waals surface area contributed by atoms with Crippen LogP contribution >= 0.6 is 0 Å². The maximum atomic E-state index is 13.5. The van der Waals surface area contributed by atoms with Gasteiger partial charge in [0.2, 0.25) is 0 Å². The summed E-state index contributed by atoms with van der Waals surface area (Å²) in [4.78, 5) is 33.0. The summed E-state index contributed by atoms with van der Waals surface area (Å²) < 4.78 is 11.5. The molecule has 36 heavy (non-hydrogen) atoms. The average Bonchev–Trinajstić information content (AvgIpc) is 3.24. The van der Waals surface area contributed by atoms with Crippen LogP contribution in [0.5, 0.6) is 5.75 Å². The van der Waals surface area contributed by atoms with Crippen LogP contribution in [0.2, 0.25) is 0 Å². The Kier molecular flexibility index (Phi) is 9.28. The molecule has 0 saturated carbocycles. The van der Waals surface area contributed by atoms with E-state index in [1.807, 2.05) is 90.1 Å².